The van der Waals surface area contributed by atoms with Crippen LogP contribution < -0.4 is 5.32 Å². The van der Waals surface area contributed by atoms with Crippen LogP contribution in [0, 0.1) is 24.0 Å². The number of pyridine rings is 1. The summed E-state index contributed by atoms with van der Waals surface area (Å²) in [5.74, 6) is -0.307. The van der Waals surface area contributed by atoms with Gasteiger partial charge >= 0.3 is 0 Å². The molecule has 0 saturated heterocycles. The van der Waals surface area contributed by atoms with E-state index >= 15 is 0 Å². The number of rotatable bonds is 5. The van der Waals surface area contributed by atoms with Crippen molar-refractivity contribution in [1.29, 1.82) is 0 Å². The number of hydrogen-bond acceptors (Lipinski definition) is 5. The second-order valence-corrected chi connectivity index (χ2v) is 7.63. The van der Waals surface area contributed by atoms with E-state index < -0.39 is 10.2 Å². The van der Waals surface area contributed by atoms with Gasteiger partial charge in [0.05, 0.1) is 20.7 Å². The van der Waals surface area contributed by atoms with E-state index in [-0.39, 0.29) is 17.3 Å². The standard InChI is InChI=1S/C20H19N3O3S/c1-12-7-6-8-15-13(2)11-18(22-19(12)15)27-14(3)20(24)21-16-9-4-5-10-17(16)23(25)26/h4-11,14H,1-3H3,(H,21,24)/t14-/m1/s1. The molecule has 2 aromatic carbocycles. The quantitative estimate of drug-likeness (QED) is 0.387. The van der Waals surface area contributed by atoms with Crippen LogP contribution in [0.2, 0.25) is 0 Å². The average molecular weight is 381 g/mol. The fourth-order valence-corrected chi connectivity index (χ4v) is 3.72. The topological polar surface area (TPSA) is 85.1 Å². The molecule has 7 heteroatoms. The molecule has 0 saturated carbocycles. The molecule has 3 aromatic rings. The van der Waals surface area contributed by atoms with Gasteiger partial charge in [0.15, 0.2) is 0 Å². The lowest BCUT2D eigenvalue weighted by Crippen LogP contribution is -2.23. The summed E-state index contributed by atoms with van der Waals surface area (Å²) < 4.78 is 0. The van der Waals surface area contributed by atoms with Crippen molar-refractivity contribution in [3.63, 3.8) is 0 Å². The first-order valence-corrected chi connectivity index (χ1v) is 9.32. The number of para-hydroxylation sites is 3. The number of carbonyl (C=O) groups excluding carboxylic acids is 1. The number of anilines is 1. The number of fused-ring (bicyclic) bond motifs is 1. The maximum absolute atomic E-state index is 12.5. The van der Waals surface area contributed by atoms with Gasteiger partial charge in [0.2, 0.25) is 5.91 Å². The molecular weight excluding hydrogens is 362 g/mol. The third-order valence-electron chi connectivity index (χ3n) is 4.25. The van der Waals surface area contributed by atoms with Crippen LogP contribution in [0.5, 0.6) is 0 Å². The van der Waals surface area contributed by atoms with Crippen LogP contribution in [0.4, 0.5) is 11.4 Å². The van der Waals surface area contributed by atoms with Gasteiger partial charge in [-0.1, -0.05) is 42.1 Å². The van der Waals surface area contributed by atoms with Gasteiger partial charge in [-0.15, -0.1) is 0 Å². The minimum absolute atomic E-state index is 0.127. The molecule has 0 aliphatic rings. The van der Waals surface area contributed by atoms with E-state index in [4.69, 9.17) is 0 Å². The fourth-order valence-electron chi connectivity index (χ4n) is 2.80. The molecule has 1 heterocycles. The van der Waals surface area contributed by atoms with Gasteiger partial charge in [-0.05, 0) is 44.0 Å². The second-order valence-electron chi connectivity index (χ2n) is 6.27. The molecule has 3 rings (SSSR count). The van der Waals surface area contributed by atoms with Gasteiger partial charge in [-0.25, -0.2) is 4.98 Å². The first-order valence-electron chi connectivity index (χ1n) is 8.44. The Balaban J connectivity index is 1.80. The molecule has 27 heavy (non-hydrogen) atoms. The smallest absolute Gasteiger partial charge is 0.292 e. The van der Waals surface area contributed by atoms with Crippen LogP contribution >= 0.6 is 11.8 Å². The molecule has 0 radical (unpaired) electrons. The number of thioether (sulfide) groups is 1. The van der Waals surface area contributed by atoms with Gasteiger partial charge in [-0.3, -0.25) is 14.9 Å². The maximum Gasteiger partial charge on any atom is 0.292 e. The lowest BCUT2D eigenvalue weighted by Gasteiger charge is -2.13. The lowest BCUT2D eigenvalue weighted by molar-refractivity contribution is -0.383. The van der Waals surface area contributed by atoms with Crippen molar-refractivity contribution in [3.05, 3.63) is 69.8 Å². The Hall–Kier alpha value is -2.93. The van der Waals surface area contributed by atoms with E-state index in [0.717, 1.165) is 27.1 Å². The molecule has 0 spiro atoms. The molecule has 1 atom stereocenters. The van der Waals surface area contributed by atoms with Crippen molar-refractivity contribution in [2.75, 3.05) is 5.32 Å². The molecule has 138 valence electrons. The zero-order valence-electron chi connectivity index (χ0n) is 15.2. The number of aromatic nitrogens is 1. The highest BCUT2D eigenvalue weighted by Gasteiger charge is 2.20. The lowest BCUT2D eigenvalue weighted by atomic mass is 10.1. The summed E-state index contributed by atoms with van der Waals surface area (Å²) in [6, 6.07) is 14.1. The van der Waals surface area contributed by atoms with Crippen molar-refractivity contribution in [2.24, 2.45) is 0 Å². The summed E-state index contributed by atoms with van der Waals surface area (Å²) in [7, 11) is 0. The molecule has 1 aromatic heterocycles. The van der Waals surface area contributed by atoms with Crippen LogP contribution in [0.15, 0.2) is 53.6 Å². The minimum atomic E-state index is -0.509. The molecule has 0 unspecified atom stereocenters. The highest BCUT2D eigenvalue weighted by Crippen LogP contribution is 2.29. The van der Waals surface area contributed by atoms with Gasteiger partial charge in [0.25, 0.3) is 5.69 Å². The SMILES string of the molecule is Cc1cc(S[C@H](C)C(=O)Nc2ccccc2[N+](=O)[O-])nc2c(C)cccc12. The van der Waals surface area contributed by atoms with Crippen molar-refractivity contribution >= 4 is 39.9 Å². The number of nitrogens with zero attached hydrogens (tertiary/aromatic N) is 2. The van der Waals surface area contributed by atoms with Crippen molar-refractivity contribution in [3.8, 4) is 0 Å². The van der Waals surface area contributed by atoms with Crippen LogP contribution in [-0.4, -0.2) is 21.1 Å². The average Bonchev–Trinajstić information content (AvgIpc) is 2.63. The van der Waals surface area contributed by atoms with E-state index in [9.17, 15) is 14.9 Å². The monoisotopic (exact) mass is 381 g/mol. The number of nitrogens with one attached hydrogen (secondary N) is 1. The Morgan fingerprint density at radius 2 is 1.89 bits per heavy atom. The highest BCUT2D eigenvalue weighted by atomic mass is 32.2. The fraction of sp³-hybridized carbons (Fsp3) is 0.200. The first-order chi connectivity index (χ1) is 12.9. The zero-order chi connectivity index (χ0) is 19.6. The van der Waals surface area contributed by atoms with E-state index in [0.29, 0.717) is 0 Å². The summed E-state index contributed by atoms with van der Waals surface area (Å²) in [5, 5.41) is 15.1. The Labute approximate surface area is 161 Å². The summed E-state index contributed by atoms with van der Waals surface area (Å²) >= 11 is 1.33. The van der Waals surface area contributed by atoms with E-state index in [1.54, 1.807) is 19.1 Å². The zero-order valence-corrected chi connectivity index (χ0v) is 16.0. The number of nitro groups is 1. The van der Waals surface area contributed by atoms with Gasteiger partial charge < -0.3 is 5.32 Å². The van der Waals surface area contributed by atoms with Crippen molar-refractivity contribution in [1.82, 2.24) is 4.98 Å². The second kappa shape index (κ2) is 7.75. The predicted molar refractivity (Wildman–Crippen MR) is 108 cm³/mol. The number of nitro benzene ring substituents is 1. The predicted octanol–water partition coefficient (Wildman–Crippen LogP) is 4.88. The summed E-state index contributed by atoms with van der Waals surface area (Å²) in [5.41, 5.74) is 3.16. The van der Waals surface area contributed by atoms with E-state index in [2.05, 4.69) is 10.3 Å². The summed E-state index contributed by atoms with van der Waals surface area (Å²) in [6.07, 6.45) is 0. The number of benzene rings is 2. The Morgan fingerprint density at radius 1 is 1.15 bits per heavy atom. The first kappa shape index (κ1) is 18.8. The van der Waals surface area contributed by atoms with Crippen LogP contribution in [0.1, 0.15) is 18.1 Å². The highest BCUT2D eigenvalue weighted by molar-refractivity contribution is 8.00. The molecule has 1 N–H and O–H groups in total. The number of hydrogen-bond donors (Lipinski definition) is 1. The Bertz CT molecular complexity index is 1040. The van der Waals surface area contributed by atoms with Crippen LogP contribution in [-0.2, 0) is 4.79 Å². The molecule has 6 nitrogen and oxygen atoms in total. The van der Waals surface area contributed by atoms with Crippen molar-refractivity contribution < 1.29 is 9.72 Å². The maximum atomic E-state index is 12.5. The molecule has 1 amide bonds. The summed E-state index contributed by atoms with van der Waals surface area (Å²) in [4.78, 5) is 27.8. The molecule has 0 aliphatic heterocycles. The number of aryl methyl sites for hydroxylation is 2. The Morgan fingerprint density at radius 3 is 2.63 bits per heavy atom. The van der Waals surface area contributed by atoms with Gasteiger partial charge in [-0.2, -0.15) is 0 Å². The van der Waals surface area contributed by atoms with Gasteiger partial charge in [0, 0.05) is 11.5 Å². The number of amides is 1. The third-order valence-corrected chi connectivity index (χ3v) is 5.27. The van der Waals surface area contributed by atoms with Crippen molar-refractivity contribution in [2.45, 2.75) is 31.0 Å². The largest absolute Gasteiger partial charge is 0.319 e. The van der Waals surface area contributed by atoms with Crippen LogP contribution in [0.25, 0.3) is 10.9 Å². The van der Waals surface area contributed by atoms with E-state index in [1.165, 1.54) is 23.9 Å². The molecule has 0 bridgehead atoms. The number of carbonyl (C=O) groups is 1. The van der Waals surface area contributed by atoms with Gasteiger partial charge in [0.1, 0.15) is 5.69 Å². The Kier molecular flexibility index (Phi) is 5.41. The molecule has 0 aliphatic carbocycles. The summed E-state index contributed by atoms with van der Waals surface area (Å²) in [6.45, 7) is 5.79. The normalized spacial score (nSPS) is 12.0. The minimum Gasteiger partial charge on any atom is -0.319 e. The van der Waals surface area contributed by atoms with E-state index in [1.807, 2.05) is 38.1 Å². The third kappa shape index (κ3) is 4.09. The van der Waals surface area contributed by atoms with Crippen LogP contribution in [0.3, 0.4) is 0 Å². The molecular formula is C20H19N3O3S. The molecule has 0 fully saturated rings.